The van der Waals surface area contributed by atoms with E-state index >= 15 is 0 Å². The van der Waals surface area contributed by atoms with Crippen LogP contribution < -0.4 is 10.3 Å². The standard InChI is InChI=1S/C20H24F3N5O5S/c1-19(2,3)33-18(32)27-6-4-11(5-7-27)13-8-15(30)25-16-12(9-24-28(13)16)17(31)26-34-10-14(29)20(21,22)23/h8-9,11H,4-7,10H2,1-3H3,(H,25,30)(H,26,31). The Morgan fingerprint density at radius 1 is 1.24 bits per heavy atom. The van der Waals surface area contributed by atoms with Crippen molar-refractivity contribution in [2.75, 3.05) is 18.8 Å². The molecule has 2 aromatic heterocycles. The molecule has 3 heterocycles. The summed E-state index contributed by atoms with van der Waals surface area (Å²) in [4.78, 5) is 52.0. The highest BCUT2D eigenvalue weighted by atomic mass is 32.2. The number of nitrogens with one attached hydrogen (secondary N) is 2. The first kappa shape index (κ1) is 25.6. The van der Waals surface area contributed by atoms with Gasteiger partial charge in [-0.1, -0.05) is 0 Å². The van der Waals surface area contributed by atoms with E-state index in [1.165, 1.54) is 16.8 Å². The highest BCUT2D eigenvalue weighted by molar-refractivity contribution is 7.98. The van der Waals surface area contributed by atoms with Crippen LogP contribution in [0, 0.1) is 0 Å². The number of ether oxygens (including phenoxy) is 1. The minimum Gasteiger partial charge on any atom is -0.444 e. The zero-order chi connectivity index (χ0) is 25.3. The summed E-state index contributed by atoms with van der Waals surface area (Å²) in [5, 5.41) is 4.17. The topological polar surface area (TPSA) is 126 Å². The molecule has 0 unspecified atom stereocenters. The highest BCUT2D eigenvalue weighted by Gasteiger charge is 2.38. The van der Waals surface area contributed by atoms with E-state index in [9.17, 15) is 32.3 Å². The number of piperidine rings is 1. The number of hydrogen-bond donors (Lipinski definition) is 2. The molecule has 2 amide bonds. The van der Waals surface area contributed by atoms with E-state index in [1.807, 2.05) is 0 Å². The monoisotopic (exact) mass is 503 g/mol. The molecule has 186 valence electrons. The second-order valence-corrected chi connectivity index (χ2v) is 9.54. The van der Waals surface area contributed by atoms with Crippen LogP contribution in [0.5, 0.6) is 0 Å². The Hall–Kier alpha value is -3.03. The minimum absolute atomic E-state index is 0.0582. The number of carbonyl (C=O) groups excluding carboxylic acids is 3. The van der Waals surface area contributed by atoms with Crippen molar-refractivity contribution < 1.29 is 32.3 Å². The first-order valence-corrected chi connectivity index (χ1v) is 11.4. The number of Topliss-reactive ketones (excluding diaryl/α,β-unsaturated/α-hetero) is 1. The number of halogens is 3. The fourth-order valence-corrected chi connectivity index (χ4v) is 4.07. The van der Waals surface area contributed by atoms with Crippen LogP contribution in [0.3, 0.4) is 0 Å². The predicted molar refractivity (Wildman–Crippen MR) is 117 cm³/mol. The maximum absolute atomic E-state index is 12.4. The van der Waals surface area contributed by atoms with E-state index in [-0.39, 0.29) is 17.1 Å². The second-order valence-electron chi connectivity index (χ2n) is 8.76. The van der Waals surface area contributed by atoms with Gasteiger partial charge in [-0.2, -0.15) is 18.3 Å². The molecular formula is C20H24F3N5O5S. The molecule has 0 radical (unpaired) electrons. The van der Waals surface area contributed by atoms with Gasteiger partial charge in [0.25, 0.3) is 11.5 Å². The van der Waals surface area contributed by atoms with Gasteiger partial charge in [0, 0.05) is 25.1 Å². The van der Waals surface area contributed by atoms with E-state index in [4.69, 9.17) is 4.74 Å². The van der Waals surface area contributed by atoms with Crippen LogP contribution in [0.2, 0.25) is 0 Å². The smallest absolute Gasteiger partial charge is 0.444 e. The number of alkyl halides is 3. The lowest BCUT2D eigenvalue weighted by atomic mass is 9.93. The number of amides is 2. The van der Waals surface area contributed by atoms with Crippen LogP contribution in [0.1, 0.15) is 55.6 Å². The van der Waals surface area contributed by atoms with Gasteiger partial charge in [0.15, 0.2) is 0 Å². The van der Waals surface area contributed by atoms with Crippen LogP contribution in [-0.2, 0) is 9.53 Å². The van der Waals surface area contributed by atoms with Crippen molar-refractivity contribution >= 4 is 35.4 Å². The summed E-state index contributed by atoms with van der Waals surface area (Å²) in [6.45, 7) is 6.16. The lowest BCUT2D eigenvalue weighted by Crippen LogP contribution is -2.41. The summed E-state index contributed by atoms with van der Waals surface area (Å²) >= 11 is 0.299. The Balaban J connectivity index is 1.72. The lowest BCUT2D eigenvalue weighted by Gasteiger charge is -2.33. The molecule has 0 atom stereocenters. The van der Waals surface area contributed by atoms with Crippen LogP contribution >= 0.6 is 11.9 Å². The van der Waals surface area contributed by atoms with Crippen molar-refractivity contribution in [3.63, 3.8) is 0 Å². The van der Waals surface area contributed by atoms with Crippen LogP contribution in [-0.4, -0.2) is 67.9 Å². The molecule has 0 aromatic carbocycles. The number of fused-ring (bicyclic) bond motifs is 1. The van der Waals surface area contributed by atoms with Crippen molar-refractivity contribution in [2.24, 2.45) is 0 Å². The van der Waals surface area contributed by atoms with Crippen molar-refractivity contribution in [2.45, 2.75) is 51.3 Å². The largest absolute Gasteiger partial charge is 0.450 e. The third-order valence-electron chi connectivity index (χ3n) is 5.03. The van der Waals surface area contributed by atoms with Gasteiger partial charge >= 0.3 is 12.3 Å². The van der Waals surface area contributed by atoms with E-state index in [0.29, 0.717) is 43.6 Å². The number of carbonyl (C=O) groups is 3. The van der Waals surface area contributed by atoms with E-state index in [0.717, 1.165) is 0 Å². The van der Waals surface area contributed by atoms with Gasteiger partial charge in [0.1, 0.15) is 16.8 Å². The van der Waals surface area contributed by atoms with Gasteiger partial charge in [-0.05, 0) is 45.6 Å². The normalized spacial score (nSPS) is 15.4. The number of hydrogen-bond acceptors (Lipinski definition) is 7. The zero-order valence-electron chi connectivity index (χ0n) is 18.7. The molecule has 0 saturated carbocycles. The molecule has 2 N–H and O–H groups in total. The van der Waals surface area contributed by atoms with Gasteiger partial charge in [-0.3, -0.25) is 19.1 Å². The summed E-state index contributed by atoms with van der Waals surface area (Å²) in [7, 11) is 0. The SMILES string of the molecule is CC(C)(C)OC(=O)N1CCC(c2cc(=O)[nH]c3c(C(=O)NSCC(=O)C(F)(F)F)cnn23)CC1. The number of nitrogens with zero attached hydrogens (tertiary/aromatic N) is 3. The Morgan fingerprint density at radius 2 is 1.88 bits per heavy atom. The maximum Gasteiger partial charge on any atom is 0.450 e. The molecule has 3 rings (SSSR count). The molecular weight excluding hydrogens is 479 g/mol. The summed E-state index contributed by atoms with van der Waals surface area (Å²) in [6, 6.07) is 1.37. The van der Waals surface area contributed by atoms with Crippen LogP contribution in [0.4, 0.5) is 18.0 Å². The number of aromatic amines is 1. The van der Waals surface area contributed by atoms with Gasteiger partial charge in [-0.15, -0.1) is 0 Å². The third kappa shape index (κ3) is 6.10. The van der Waals surface area contributed by atoms with Gasteiger partial charge in [0.2, 0.25) is 5.78 Å². The average Bonchev–Trinajstić information content (AvgIpc) is 3.15. The van der Waals surface area contributed by atoms with Crippen molar-refractivity contribution in [3.05, 3.63) is 33.9 Å². The first-order valence-electron chi connectivity index (χ1n) is 10.4. The Labute approximate surface area is 196 Å². The predicted octanol–water partition coefficient (Wildman–Crippen LogP) is 2.65. The number of H-pyrrole nitrogens is 1. The average molecular weight is 504 g/mol. The van der Waals surface area contributed by atoms with Gasteiger partial charge < -0.3 is 14.6 Å². The summed E-state index contributed by atoms with van der Waals surface area (Å²) < 4.78 is 45.9. The van der Waals surface area contributed by atoms with Gasteiger partial charge in [0.05, 0.1) is 17.6 Å². The number of likely N-dealkylation sites (tertiary alicyclic amines) is 1. The molecule has 14 heteroatoms. The lowest BCUT2D eigenvalue weighted by molar-refractivity contribution is -0.167. The molecule has 2 aromatic rings. The first-order chi connectivity index (χ1) is 15.8. The van der Waals surface area contributed by atoms with E-state index < -0.39 is 40.9 Å². The number of ketones is 1. The van der Waals surface area contributed by atoms with Crippen LogP contribution in [0.25, 0.3) is 5.65 Å². The van der Waals surface area contributed by atoms with Crippen molar-refractivity contribution in [1.82, 2.24) is 24.2 Å². The van der Waals surface area contributed by atoms with Gasteiger partial charge in [-0.25, -0.2) is 9.31 Å². The molecule has 34 heavy (non-hydrogen) atoms. The molecule has 1 aliphatic heterocycles. The van der Waals surface area contributed by atoms with E-state index in [1.54, 1.807) is 25.7 Å². The molecule has 0 bridgehead atoms. The number of rotatable bonds is 5. The second kappa shape index (κ2) is 9.68. The number of aromatic nitrogens is 3. The zero-order valence-corrected chi connectivity index (χ0v) is 19.5. The minimum atomic E-state index is -4.98. The Kier molecular flexibility index (Phi) is 7.29. The van der Waals surface area contributed by atoms with E-state index in [2.05, 4.69) is 14.8 Å². The molecule has 1 fully saturated rings. The third-order valence-corrected chi connectivity index (χ3v) is 5.76. The molecule has 0 aliphatic carbocycles. The highest BCUT2D eigenvalue weighted by Crippen LogP contribution is 2.28. The molecule has 1 saturated heterocycles. The quantitative estimate of drug-likeness (QED) is 0.601. The summed E-state index contributed by atoms with van der Waals surface area (Å²) in [5.41, 5.74) is -0.528. The molecule has 0 spiro atoms. The summed E-state index contributed by atoms with van der Waals surface area (Å²) in [5.74, 6) is -3.89. The van der Waals surface area contributed by atoms with Crippen molar-refractivity contribution in [3.8, 4) is 0 Å². The fourth-order valence-electron chi connectivity index (χ4n) is 3.46. The van der Waals surface area contributed by atoms with Crippen molar-refractivity contribution in [1.29, 1.82) is 0 Å². The Morgan fingerprint density at radius 3 is 2.47 bits per heavy atom. The summed E-state index contributed by atoms with van der Waals surface area (Å²) in [6.07, 6.45) is -3.14. The molecule has 10 nitrogen and oxygen atoms in total. The maximum atomic E-state index is 12.4. The fraction of sp³-hybridized carbons (Fsp3) is 0.550. The van der Waals surface area contributed by atoms with Crippen LogP contribution in [0.15, 0.2) is 17.1 Å². The Bertz CT molecular complexity index is 1150. The molecule has 1 aliphatic rings.